The smallest absolute Gasteiger partial charge is 0.179 e. The van der Waals surface area contributed by atoms with Crippen LogP contribution in [0.1, 0.15) is 48.2 Å². The second-order valence-corrected chi connectivity index (χ2v) is 6.18. The maximum atomic E-state index is 12.8. The minimum atomic E-state index is -0.160. The van der Waals surface area contributed by atoms with Gasteiger partial charge in [0.1, 0.15) is 5.78 Å². The van der Waals surface area contributed by atoms with Crippen LogP contribution in [0.2, 0.25) is 0 Å². The summed E-state index contributed by atoms with van der Waals surface area (Å²) >= 11 is 0. The zero-order valence-corrected chi connectivity index (χ0v) is 13.5. The Kier molecular flexibility index (Phi) is 4.94. The summed E-state index contributed by atoms with van der Waals surface area (Å²) in [5, 5.41) is 0. The van der Waals surface area contributed by atoms with E-state index in [0.29, 0.717) is 25.3 Å². The van der Waals surface area contributed by atoms with Crippen molar-refractivity contribution in [2.75, 3.05) is 13.1 Å². The van der Waals surface area contributed by atoms with Crippen LogP contribution < -0.4 is 0 Å². The highest BCUT2D eigenvalue weighted by Gasteiger charge is 2.31. The first-order valence-corrected chi connectivity index (χ1v) is 7.82. The summed E-state index contributed by atoms with van der Waals surface area (Å²) in [6.07, 6.45) is 1.43. The van der Waals surface area contributed by atoms with Crippen LogP contribution in [-0.4, -0.2) is 35.6 Å². The predicted molar refractivity (Wildman–Crippen MR) is 84.7 cm³/mol. The van der Waals surface area contributed by atoms with Gasteiger partial charge >= 0.3 is 0 Å². The normalized spacial score (nSPS) is 21.3. The number of carbonyl (C=O) groups is 2. The number of likely N-dealkylation sites (tertiary alicyclic amines) is 1. The van der Waals surface area contributed by atoms with E-state index >= 15 is 0 Å². The van der Waals surface area contributed by atoms with E-state index in [2.05, 4.69) is 4.90 Å². The summed E-state index contributed by atoms with van der Waals surface area (Å²) in [6.45, 7) is 9.41. The molecule has 0 saturated carbocycles. The summed E-state index contributed by atoms with van der Waals surface area (Å²) in [4.78, 5) is 26.8. The van der Waals surface area contributed by atoms with Crippen LogP contribution in [-0.2, 0) is 4.79 Å². The molecule has 1 aliphatic heterocycles. The van der Waals surface area contributed by atoms with E-state index in [1.807, 2.05) is 45.9 Å². The Bertz CT molecular complexity index is 550. The van der Waals surface area contributed by atoms with Crippen molar-refractivity contribution in [2.45, 2.75) is 46.6 Å². The van der Waals surface area contributed by atoms with Crippen LogP contribution in [0.5, 0.6) is 0 Å². The topological polar surface area (TPSA) is 37.4 Å². The lowest BCUT2D eigenvalue weighted by Crippen LogP contribution is -2.48. The van der Waals surface area contributed by atoms with Gasteiger partial charge in [-0.2, -0.15) is 0 Å². The lowest BCUT2D eigenvalue weighted by atomic mass is 9.91. The number of piperidine rings is 1. The molecule has 1 aromatic rings. The Morgan fingerprint density at radius 1 is 1.38 bits per heavy atom. The molecule has 1 aliphatic rings. The van der Waals surface area contributed by atoms with Gasteiger partial charge in [-0.05, 0) is 38.8 Å². The fraction of sp³-hybridized carbons (Fsp3) is 0.556. The SMILES string of the molecule is CCC1CN(C(C)C(=O)c2cc(C)ccc2C)CCC1=O. The van der Waals surface area contributed by atoms with E-state index in [9.17, 15) is 9.59 Å². The summed E-state index contributed by atoms with van der Waals surface area (Å²) in [6, 6.07) is 5.85. The minimum Gasteiger partial charge on any atom is -0.299 e. The molecule has 2 rings (SSSR count). The third kappa shape index (κ3) is 3.41. The summed E-state index contributed by atoms with van der Waals surface area (Å²) < 4.78 is 0. The van der Waals surface area contributed by atoms with Crippen molar-refractivity contribution in [1.82, 2.24) is 4.90 Å². The minimum absolute atomic E-state index is 0.0904. The molecular weight excluding hydrogens is 262 g/mol. The molecule has 1 heterocycles. The second-order valence-electron chi connectivity index (χ2n) is 6.18. The quantitative estimate of drug-likeness (QED) is 0.798. The molecule has 0 aliphatic carbocycles. The van der Waals surface area contributed by atoms with Crippen molar-refractivity contribution in [3.05, 3.63) is 34.9 Å². The van der Waals surface area contributed by atoms with Gasteiger partial charge in [0.25, 0.3) is 0 Å². The number of rotatable bonds is 4. The van der Waals surface area contributed by atoms with Crippen LogP contribution in [0.25, 0.3) is 0 Å². The third-order valence-corrected chi connectivity index (χ3v) is 4.63. The lowest BCUT2D eigenvalue weighted by Gasteiger charge is -2.35. The highest BCUT2D eigenvalue weighted by Crippen LogP contribution is 2.21. The average Bonchev–Trinajstić information content (AvgIpc) is 2.48. The molecule has 3 nitrogen and oxygen atoms in total. The molecule has 0 bridgehead atoms. The molecule has 0 N–H and O–H groups in total. The Labute approximate surface area is 127 Å². The van der Waals surface area contributed by atoms with Crippen LogP contribution in [0, 0.1) is 19.8 Å². The van der Waals surface area contributed by atoms with Crippen LogP contribution in [0.3, 0.4) is 0 Å². The molecule has 2 atom stereocenters. The molecule has 21 heavy (non-hydrogen) atoms. The number of ketones is 2. The standard InChI is InChI=1S/C18H25NO2/c1-5-15-11-19(9-8-17(15)20)14(4)18(21)16-10-12(2)6-7-13(16)3/h6-7,10,14-15H,5,8-9,11H2,1-4H3. The van der Waals surface area contributed by atoms with Crippen molar-refractivity contribution in [2.24, 2.45) is 5.92 Å². The highest BCUT2D eigenvalue weighted by molar-refractivity contribution is 6.01. The first-order valence-electron chi connectivity index (χ1n) is 7.82. The van der Waals surface area contributed by atoms with Gasteiger partial charge in [-0.15, -0.1) is 0 Å². The molecule has 1 aromatic carbocycles. The molecule has 2 unspecified atom stereocenters. The van der Waals surface area contributed by atoms with E-state index in [1.54, 1.807) is 0 Å². The summed E-state index contributed by atoms with van der Waals surface area (Å²) in [5.41, 5.74) is 2.95. The van der Waals surface area contributed by atoms with Crippen molar-refractivity contribution in [1.29, 1.82) is 0 Å². The number of Topliss-reactive ketones (excluding diaryl/α,β-unsaturated/α-hetero) is 2. The van der Waals surface area contributed by atoms with Crippen molar-refractivity contribution < 1.29 is 9.59 Å². The lowest BCUT2D eigenvalue weighted by molar-refractivity contribution is -0.126. The first kappa shape index (κ1) is 15.9. The molecule has 114 valence electrons. The van der Waals surface area contributed by atoms with Gasteiger partial charge in [0.15, 0.2) is 5.78 Å². The number of hydrogen-bond donors (Lipinski definition) is 0. The molecule has 0 spiro atoms. The van der Waals surface area contributed by atoms with Gasteiger partial charge in [0.05, 0.1) is 6.04 Å². The molecular formula is C18H25NO2. The Hall–Kier alpha value is -1.48. The zero-order valence-electron chi connectivity index (χ0n) is 13.5. The van der Waals surface area contributed by atoms with Crippen molar-refractivity contribution in [3.8, 4) is 0 Å². The van der Waals surface area contributed by atoms with Gasteiger partial charge in [0, 0.05) is 31.0 Å². The van der Waals surface area contributed by atoms with Gasteiger partial charge in [0.2, 0.25) is 0 Å². The number of carbonyl (C=O) groups excluding carboxylic acids is 2. The zero-order chi connectivity index (χ0) is 15.6. The van der Waals surface area contributed by atoms with E-state index in [1.165, 1.54) is 0 Å². The van der Waals surface area contributed by atoms with Gasteiger partial charge in [-0.1, -0.05) is 24.6 Å². The van der Waals surface area contributed by atoms with E-state index in [0.717, 1.165) is 23.1 Å². The molecule has 1 saturated heterocycles. The third-order valence-electron chi connectivity index (χ3n) is 4.63. The number of nitrogens with zero attached hydrogens (tertiary/aromatic N) is 1. The maximum absolute atomic E-state index is 12.8. The molecule has 0 aromatic heterocycles. The maximum Gasteiger partial charge on any atom is 0.179 e. The highest BCUT2D eigenvalue weighted by atomic mass is 16.1. The largest absolute Gasteiger partial charge is 0.299 e. The Morgan fingerprint density at radius 2 is 2.10 bits per heavy atom. The Balaban J connectivity index is 2.15. The van der Waals surface area contributed by atoms with Crippen LogP contribution in [0.4, 0.5) is 0 Å². The molecule has 1 fully saturated rings. The second kappa shape index (κ2) is 6.52. The van der Waals surface area contributed by atoms with Crippen LogP contribution in [0.15, 0.2) is 18.2 Å². The van der Waals surface area contributed by atoms with Gasteiger partial charge < -0.3 is 0 Å². The fourth-order valence-corrected chi connectivity index (χ4v) is 3.03. The van der Waals surface area contributed by atoms with E-state index < -0.39 is 0 Å². The Morgan fingerprint density at radius 3 is 2.76 bits per heavy atom. The molecule has 3 heteroatoms. The molecule has 0 amide bonds. The average molecular weight is 287 g/mol. The fourth-order valence-electron chi connectivity index (χ4n) is 3.03. The first-order chi connectivity index (χ1) is 9.93. The number of benzene rings is 1. The summed E-state index contributed by atoms with van der Waals surface area (Å²) in [5.74, 6) is 0.605. The van der Waals surface area contributed by atoms with E-state index in [-0.39, 0.29) is 17.7 Å². The number of hydrogen-bond acceptors (Lipinski definition) is 3. The number of aryl methyl sites for hydroxylation is 2. The van der Waals surface area contributed by atoms with E-state index in [4.69, 9.17) is 0 Å². The summed E-state index contributed by atoms with van der Waals surface area (Å²) in [7, 11) is 0. The molecule has 0 radical (unpaired) electrons. The predicted octanol–water partition coefficient (Wildman–Crippen LogP) is 3.18. The monoisotopic (exact) mass is 287 g/mol. The van der Waals surface area contributed by atoms with Gasteiger partial charge in [-0.25, -0.2) is 0 Å². The van der Waals surface area contributed by atoms with Crippen molar-refractivity contribution >= 4 is 11.6 Å². The van der Waals surface area contributed by atoms with Crippen LogP contribution >= 0.6 is 0 Å². The van der Waals surface area contributed by atoms with Crippen molar-refractivity contribution in [3.63, 3.8) is 0 Å². The van der Waals surface area contributed by atoms with Gasteiger partial charge in [-0.3, -0.25) is 14.5 Å².